The third kappa shape index (κ3) is 1.77. The van der Waals surface area contributed by atoms with Gasteiger partial charge in [-0.2, -0.15) is 4.73 Å². The smallest absolute Gasteiger partial charge is 0.344 e. The van der Waals surface area contributed by atoms with Gasteiger partial charge in [-0.15, -0.1) is 0 Å². The molecule has 0 aromatic carbocycles. The average molecular weight is 181 g/mol. The number of hydrogen-bond donors (Lipinski definition) is 0. The van der Waals surface area contributed by atoms with E-state index >= 15 is 0 Å². The van der Waals surface area contributed by atoms with Crippen LogP contribution < -0.4 is 4.73 Å². The van der Waals surface area contributed by atoms with Crippen LogP contribution >= 0.6 is 0 Å². The third-order valence-corrected chi connectivity index (χ3v) is 1.80. The summed E-state index contributed by atoms with van der Waals surface area (Å²) in [5, 5.41) is 11.2. The van der Waals surface area contributed by atoms with E-state index in [0.717, 1.165) is 0 Å². The van der Waals surface area contributed by atoms with Crippen LogP contribution in [-0.2, 0) is 11.2 Å². The predicted molar refractivity (Wildman–Crippen MR) is 46.1 cm³/mol. The minimum Gasteiger partial charge on any atom is -0.618 e. The van der Waals surface area contributed by atoms with Crippen LogP contribution in [0.4, 0.5) is 0 Å². The lowest BCUT2D eigenvalue weighted by Crippen LogP contribution is -2.33. The Labute approximate surface area is 76.3 Å². The maximum atomic E-state index is 11.2. The lowest BCUT2D eigenvalue weighted by Gasteiger charge is -2.05. The van der Waals surface area contributed by atoms with Crippen LogP contribution in [-0.4, -0.2) is 13.1 Å². The van der Waals surface area contributed by atoms with Gasteiger partial charge < -0.3 is 9.94 Å². The van der Waals surface area contributed by atoms with Crippen molar-refractivity contribution in [3.8, 4) is 0 Å². The van der Waals surface area contributed by atoms with Gasteiger partial charge in [-0.25, -0.2) is 4.79 Å². The molecule has 4 heteroatoms. The molecule has 0 atom stereocenters. The number of carbonyl (C=O) groups is 1. The lowest BCUT2D eigenvalue weighted by atomic mass is 10.1. The van der Waals surface area contributed by atoms with Crippen LogP contribution in [0.3, 0.4) is 0 Å². The standard InChI is InChI=1S/C9H11NO3/c1-3-8-7(9(11)13-2)5-4-6-10(8)12/h4-6H,3H2,1-2H3. The first-order valence-corrected chi connectivity index (χ1v) is 4.00. The van der Waals surface area contributed by atoms with Gasteiger partial charge in [0.2, 0.25) is 5.69 Å². The van der Waals surface area contributed by atoms with Crippen molar-refractivity contribution in [2.24, 2.45) is 0 Å². The highest BCUT2D eigenvalue weighted by molar-refractivity contribution is 5.90. The zero-order chi connectivity index (χ0) is 9.84. The normalized spacial score (nSPS) is 9.69. The molecule has 0 saturated heterocycles. The number of carbonyl (C=O) groups excluding carboxylic acids is 1. The molecule has 0 saturated carbocycles. The molecule has 0 fully saturated rings. The van der Waals surface area contributed by atoms with E-state index in [4.69, 9.17) is 0 Å². The Morgan fingerprint density at radius 3 is 2.92 bits per heavy atom. The Morgan fingerprint density at radius 2 is 2.38 bits per heavy atom. The van der Waals surface area contributed by atoms with Gasteiger partial charge in [0.15, 0.2) is 6.20 Å². The quantitative estimate of drug-likeness (QED) is 0.383. The number of nitrogens with zero attached hydrogens (tertiary/aromatic N) is 1. The number of ether oxygens (including phenoxy) is 1. The summed E-state index contributed by atoms with van der Waals surface area (Å²) in [6.07, 6.45) is 1.88. The van der Waals surface area contributed by atoms with Gasteiger partial charge in [0.1, 0.15) is 5.56 Å². The first-order valence-electron chi connectivity index (χ1n) is 4.00. The fourth-order valence-electron chi connectivity index (χ4n) is 1.16. The molecule has 0 aliphatic rings. The molecule has 0 spiro atoms. The van der Waals surface area contributed by atoms with Gasteiger partial charge in [-0.1, -0.05) is 6.92 Å². The van der Waals surface area contributed by atoms with Crippen LogP contribution in [0.1, 0.15) is 23.0 Å². The number of hydrogen-bond acceptors (Lipinski definition) is 3. The Kier molecular flexibility index (Phi) is 2.84. The van der Waals surface area contributed by atoms with Gasteiger partial charge in [-0.3, -0.25) is 0 Å². The van der Waals surface area contributed by atoms with Crippen LogP contribution in [0.5, 0.6) is 0 Å². The van der Waals surface area contributed by atoms with E-state index in [0.29, 0.717) is 22.4 Å². The van der Waals surface area contributed by atoms with Crippen molar-refractivity contribution in [2.45, 2.75) is 13.3 Å². The maximum absolute atomic E-state index is 11.2. The first kappa shape index (κ1) is 9.51. The molecule has 4 nitrogen and oxygen atoms in total. The summed E-state index contributed by atoms with van der Waals surface area (Å²) in [5.41, 5.74) is 0.775. The van der Waals surface area contributed by atoms with Crippen LogP contribution in [0.15, 0.2) is 18.3 Å². The molecular formula is C9H11NO3. The highest BCUT2D eigenvalue weighted by atomic mass is 16.5. The van der Waals surface area contributed by atoms with E-state index in [1.807, 2.05) is 6.92 Å². The van der Waals surface area contributed by atoms with E-state index in [1.165, 1.54) is 19.4 Å². The molecular weight excluding hydrogens is 170 g/mol. The molecule has 0 amide bonds. The molecule has 1 aromatic heterocycles. The van der Waals surface area contributed by atoms with E-state index < -0.39 is 5.97 Å². The van der Waals surface area contributed by atoms with Crippen LogP contribution in [0.2, 0.25) is 0 Å². The Morgan fingerprint density at radius 1 is 1.69 bits per heavy atom. The Bertz CT molecular complexity index is 323. The number of esters is 1. The fourth-order valence-corrected chi connectivity index (χ4v) is 1.16. The summed E-state index contributed by atoms with van der Waals surface area (Å²) in [5.74, 6) is -0.470. The van der Waals surface area contributed by atoms with E-state index in [9.17, 15) is 10.0 Å². The number of methoxy groups -OCH3 is 1. The van der Waals surface area contributed by atoms with Crippen molar-refractivity contribution in [1.29, 1.82) is 0 Å². The highest BCUT2D eigenvalue weighted by Gasteiger charge is 2.16. The Balaban J connectivity index is 3.20. The zero-order valence-corrected chi connectivity index (χ0v) is 7.61. The minimum absolute atomic E-state index is 0.336. The number of pyridine rings is 1. The first-order chi connectivity index (χ1) is 6.20. The molecule has 1 heterocycles. The van der Waals surface area contributed by atoms with Gasteiger partial charge in [0, 0.05) is 12.5 Å². The van der Waals surface area contributed by atoms with Crippen molar-refractivity contribution in [3.05, 3.63) is 34.8 Å². The van der Waals surface area contributed by atoms with Gasteiger partial charge in [0.25, 0.3) is 0 Å². The van der Waals surface area contributed by atoms with Crippen LogP contribution in [0, 0.1) is 5.21 Å². The number of aromatic nitrogens is 1. The molecule has 1 aromatic rings. The zero-order valence-electron chi connectivity index (χ0n) is 7.61. The molecule has 0 unspecified atom stereocenters. The molecule has 0 N–H and O–H groups in total. The van der Waals surface area contributed by atoms with Gasteiger partial charge in [-0.05, 0) is 6.07 Å². The largest absolute Gasteiger partial charge is 0.618 e. The second kappa shape index (κ2) is 3.89. The highest BCUT2D eigenvalue weighted by Crippen LogP contribution is 2.05. The maximum Gasteiger partial charge on any atom is 0.344 e. The average Bonchev–Trinajstić information content (AvgIpc) is 2.16. The molecule has 0 radical (unpaired) electrons. The monoisotopic (exact) mass is 181 g/mol. The number of rotatable bonds is 2. The van der Waals surface area contributed by atoms with Crippen molar-refractivity contribution >= 4 is 5.97 Å². The summed E-state index contributed by atoms with van der Waals surface area (Å²) in [7, 11) is 1.30. The summed E-state index contributed by atoms with van der Waals surface area (Å²) in [4.78, 5) is 11.2. The fraction of sp³-hybridized carbons (Fsp3) is 0.333. The summed E-state index contributed by atoms with van der Waals surface area (Å²) < 4.78 is 5.23. The molecule has 0 bridgehead atoms. The molecule has 0 aliphatic heterocycles. The van der Waals surface area contributed by atoms with Crippen LogP contribution in [0.25, 0.3) is 0 Å². The molecule has 70 valence electrons. The van der Waals surface area contributed by atoms with Gasteiger partial charge >= 0.3 is 5.97 Å². The second-order valence-corrected chi connectivity index (χ2v) is 2.54. The lowest BCUT2D eigenvalue weighted by molar-refractivity contribution is -0.614. The van der Waals surface area contributed by atoms with Crippen molar-refractivity contribution in [1.82, 2.24) is 0 Å². The van der Waals surface area contributed by atoms with Gasteiger partial charge in [0.05, 0.1) is 7.11 Å². The van der Waals surface area contributed by atoms with Crippen molar-refractivity contribution in [2.75, 3.05) is 7.11 Å². The van der Waals surface area contributed by atoms with E-state index in [2.05, 4.69) is 4.74 Å². The van der Waals surface area contributed by atoms with E-state index in [-0.39, 0.29) is 0 Å². The van der Waals surface area contributed by atoms with E-state index in [1.54, 1.807) is 6.07 Å². The SMILES string of the molecule is CCc1c(C(=O)OC)ccc[n+]1[O-]. The Hall–Kier alpha value is -1.58. The van der Waals surface area contributed by atoms with Crippen molar-refractivity contribution < 1.29 is 14.3 Å². The summed E-state index contributed by atoms with van der Waals surface area (Å²) in [6.45, 7) is 1.82. The second-order valence-electron chi connectivity index (χ2n) is 2.54. The summed E-state index contributed by atoms with van der Waals surface area (Å²) >= 11 is 0. The molecule has 0 aliphatic carbocycles. The minimum atomic E-state index is -0.470. The topological polar surface area (TPSA) is 53.2 Å². The molecule has 13 heavy (non-hydrogen) atoms. The third-order valence-electron chi connectivity index (χ3n) is 1.80. The molecule has 1 rings (SSSR count). The van der Waals surface area contributed by atoms with Crippen molar-refractivity contribution in [3.63, 3.8) is 0 Å². The summed E-state index contributed by atoms with van der Waals surface area (Å²) in [6, 6.07) is 3.11. The predicted octanol–water partition coefficient (Wildman–Crippen LogP) is 0.669.